The van der Waals surface area contributed by atoms with Gasteiger partial charge in [-0.1, -0.05) is 36.9 Å². The maximum absolute atomic E-state index is 5.83. The Balaban J connectivity index is 2.99. The predicted molar refractivity (Wildman–Crippen MR) is 55.0 cm³/mol. The summed E-state index contributed by atoms with van der Waals surface area (Å²) in [5.74, 6) is 0.555. The van der Waals surface area contributed by atoms with Gasteiger partial charge in [-0.2, -0.15) is 0 Å². The third kappa shape index (κ3) is 2.33. The maximum Gasteiger partial charge on any atom is 0.171 e. The molecule has 68 valence electrons. The molecule has 1 rings (SSSR count). The molecule has 0 fully saturated rings. The Bertz CT molecular complexity index is 323. The van der Waals surface area contributed by atoms with E-state index in [2.05, 4.69) is 18.1 Å². The lowest BCUT2D eigenvalue weighted by Crippen LogP contribution is -1.96. The van der Waals surface area contributed by atoms with E-state index in [1.54, 1.807) is 24.4 Å². The fourth-order valence-electron chi connectivity index (χ4n) is 0.882. The van der Waals surface area contributed by atoms with Gasteiger partial charge in [-0.05, 0) is 6.07 Å². The summed E-state index contributed by atoms with van der Waals surface area (Å²) in [7, 11) is 0. The molecule has 0 saturated heterocycles. The molecule has 0 aliphatic heterocycles. The molecule has 0 aromatic carbocycles. The Labute approximate surface area is 82.5 Å². The summed E-state index contributed by atoms with van der Waals surface area (Å²) in [5.41, 5.74) is 0.835. The van der Waals surface area contributed by atoms with Crippen molar-refractivity contribution in [1.29, 1.82) is 0 Å². The van der Waals surface area contributed by atoms with Gasteiger partial charge in [0.05, 0.1) is 0 Å². The molecule has 0 bridgehead atoms. The molecule has 0 radical (unpaired) electrons. The zero-order valence-electron chi connectivity index (χ0n) is 7.16. The highest BCUT2D eigenvalue weighted by atomic mass is 35.5. The van der Waals surface area contributed by atoms with E-state index in [1.807, 2.05) is 0 Å². The van der Waals surface area contributed by atoms with Crippen molar-refractivity contribution in [2.45, 2.75) is 0 Å². The molecule has 0 N–H and O–H groups in total. The Morgan fingerprint density at radius 2 is 2.31 bits per heavy atom. The molecule has 0 aliphatic carbocycles. The van der Waals surface area contributed by atoms with Gasteiger partial charge in [0.2, 0.25) is 0 Å². The Kier molecular flexibility index (Phi) is 3.53. The summed E-state index contributed by atoms with van der Waals surface area (Å²) in [6, 6.07) is 1.79. The van der Waals surface area contributed by atoms with Crippen LogP contribution in [0.15, 0.2) is 31.5 Å². The highest BCUT2D eigenvalue weighted by Gasteiger charge is 2.05. The lowest BCUT2D eigenvalue weighted by molar-refractivity contribution is 0.361. The van der Waals surface area contributed by atoms with Crippen LogP contribution in [0.4, 0.5) is 0 Å². The fourth-order valence-corrected chi connectivity index (χ4v) is 1.10. The lowest BCUT2D eigenvalue weighted by Gasteiger charge is -2.07. The highest BCUT2D eigenvalue weighted by molar-refractivity contribution is 6.31. The molecule has 0 saturated carbocycles. The van der Waals surface area contributed by atoms with E-state index in [0.717, 1.165) is 5.56 Å². The van der Waals surface area contributed by atoms with Crippen molar-refractivity contribution in [3.63, 3.8) is 0 Å². The van der Waals surface area contributed by atoms with Crippen LogP contribution in [-0.4, -0.2) is 11.6 Å². The van der Waals surface area contributed by atoms with Crippen LogP contribution < -0.4 is 4.74 Å². The van der Waals surface area contributed by atoms with Crippen LogP contribution in [0.5, 0.6) is 5.75 Å². The van der Waals surface area contributed by atoms with Gasteiger partial charge in [0.15, 0.2) is 10.9 Å². The normalized spacial score (nSPS) is 9.31. The summed E-state index contributed by atoms with van der Waals surface area (Å²) in [4.78, 5) is 3.90. The van der Waals surface area contributed by atoms with Gasteiger partial charge in [0, 0.05) is 11.8 Å². The molecule has 0 spiro atoms. The number of halogens is 1. The van der Waals surface area contributed by atoms with E-state index in [9.17, 15) is 0 Å². The monoisotopic (exact) mass is 195 g/mol. The van der Waals surface area contributed by atoms with Gasteiger partial charge in [-0.25, -0.2) is 4.98 Å². The minimum atomic E-state index is 0.347. The van der Waals surface area contributed by atoms with E-state index in [0.29, 0.717) is 17.5 Å². The first-order chi connectivity index (χ1) is 6.29. The van der Waals surface area contributed by atoms with E-state index in [-0.39, 0.29) is 0 Å². The molecule has 1 aromatic rings. The number of hydrogen-bond acceptors (Lipinski definition) is 2. The van der Waals surface area contributed by atoms with Gasteiger partial charge < -0.3 is 4.74 Å². The van der Waals surface area contributed by atoms with E-state index >= 15 is 0 Å². The van der Waals surface area contributed by atoms with Crippen molar-refractivity contribution in [2.24, 2.45) is 0 Å². The average molecular weight is 196 g/mol. The van der Waals surface area contributed by atoms with Crippen LogP contribution >= 0.6 is 11.6 Å². The smallest absolute Gasteiger partial charge is 0.171 e. The molecular weight excluding hydrogens is 186 g/mol. The van der Waals surface area contributed by atoms with Gasteiger partial charge in [0.25, 0.3) is 0 Å². The van der Waals surface area contributed by atoms with Crippen LogP contribution in [0.2, 0.25) is 5.15 Å². The Hall–Kier alpha value is -1.28. The number of ether oxygens (including phenoxy) is 1. The van der Waals surface area contributed by atoms with Crippen molar-refractivity contribution in [1.82, 2.24) is 4.98 Å². The third-order valence-corrected chi connectivity index (χ3v) is 1.73. The number of rotatable bonds is 4. The van der Waals surface area contributed by atoms with Crippen molar-refractivity contribution >= 4 is 17.7 Å². The molecule has 0 aliphatic rings. The van der Waals surface area contributed by atoms with Crippen LogP contribution in [0.3, 0.4) is 0 Å². The standard InChI is InChI=1S/C10H10ClNO/c1-3-7-13-9-8(4-2)5-6-12-10(9)11/h3-6H,1-2,7H2. The van der Waals surface area contributed by atoms with Crippen molar-refractivity contribution in [3.8, 4) is 5.75 Å². The number of aromatic nitrogens is 1. The Morgan fingerprint density at radius 1 is 1.54 bits per heavy atom. The fraction of sp³-hybridized carbons (Fsp3) is 0.100. The summed E-state index contributed by atoms with van der Waals surface area (Å²) in [6.45, 7) is 7.60. The van der Waals surface area contributed by atoms with E-state index in [4.69, 9.17) is 16.3 Å². The third-order valence-electron chi connectivity index (χ3n) is 1.46. The maximum atomic E-state index is 5.83. The molecule has 0 amide bonds. The van der Waals surface area contributed by atoms with Crippen LogP contribution in [0.1, 0.15) is 5.56 Å². The first kappa shape index (κ1) is 9.81. The summed E-state index contributed by atoms with van der Waals surface area (Å²) >= 11 is 5.83. The highest BCUT2D eigenvalue weighted by Crippen LogP contribution is 2.26. The van der Waals surface area contributed by atoms with Crippen molar-refractivity contribution in [2.75, 3.05) is 6.61 Å². The summed E-state index contributed by atoms with van der Waals surface area (Å²) in [5, 5.41) is 0.347. The molecule has 2 nitrogen and oxygen atoms in total. The number of nitrogens with zero attached hydrogens (tertiary/aromatic N) is 1. The van der Waals surface area contributed by atoms with Gasteiger partial charge in [0.1, 0.15) is 6.61 Å². The Morgan fingerprint density at radius 3 is 2.92 bits per heavy atom. The first-order valence-electron chi connectivity index (χ1n) is 3.80. The molecule has 0 unspecified atom stereocenters. The zero-order chi connectivity index (χ0) is 9.68. The van der Waals surface area contributed by atoms with Crippen LogP contribution in [0.25, 0.3) is 6.08 Å². The van der Waals surface area contributed by atoms with Gasteiger partial charge in [-0.3, -0.25) is 0 Å². The van der Waals surface area contributed by atoms with Gasteiger partial charge >= 0.3 is 0 Å². The second kappa shape index (κ2) is 4.67. The second-order valence-electron chi connectivity index (χ2n) is 2.32. The SMILES string of the molecule is C=CCOc1c(C=C)ccnc1Cl. The minimum absolute atomic E-state index is 0.347. The van der Waals surface area contributed by atoms with Crippen molar-refractivity contribution < 1.29 is 4.74 Å². The second-order valence-corrected chi connectivity index (χ2v) is 2.68. The first-order valence-corrected chi connectivity index (χ1v) is 4.18. The lowest BCUT2D eigenvalue weighted by atomic mass is 10.2. The molecule has 1 aromatic heterocycles. The number of hydrogen-bond donors (Lipinski definition) is 0. The quantitative estimate of drug-likeness (QED) is 0.545. The van der Waals surface area contributed by atoms with Crippen LogP contribution in [-0.2, 0) is 0 Å². The molecule has 13 heavy (non-hydrogen) atoms. The summed E-state index contributed by atoms with van der Waals surface area (Å²) < 4.78 is 5.32. The molecule has 0 atom stereocenters. The topological polar surface area (TPSA) is 22.1 Å². The summed E-state index contributed by atoms with van der Waals surface area (Å²) in [6.07, 6.45) is 4.93. The van der Waals surface area contributed by atoms with Crippen molar-refractivity contribution in [3.05, 3.63) is 42.2 Å². The number of pyridine rings is 1. The van der Waals surface area contributed by atoms with Crippen LogP contribution in [0, 0.1) is 0 Å². The van der Waals surface area contributed by atoms with E-state index in [1.165, 1.54) is 0 Å². The molecular formula is C10H10ClNO. The average Bonchev–Trinajstić information content (AvgIpc) is 2.15. The van der Waals surface area contributed by atoms with Gasteiger partial charge in [-0.15, -0.1) is 0 Å². The largest absolute Gasteiger partial charge is 0.486 e. The predicted octanol–water partition coefficient (Wildman–Crippen LogP) is 2.94. The molecule has 3 heteroatoms. The molecule has 1 heterocycles. The minimum Gasteiger partial charge on any atom is -0.486 e. The van der Waals surface area contributed by atoms with E-state index < -0.39 is 0 Å². The zero-order valence-corrected chi connectivity index (χ0v) is 7.92.